The molecule has 1 aliphatic carbocycles. The molecule has 1 fully saturated rings. The number of benzene rings is 2. The van der Waals surface area contributed by atoms with Crippen LogP contribution < -0.4 is 0 Å². The smallest absolute Gasteiger partial charge is 0.251 e. The van der Waals surface area contributed by atoms with Crippen LogP contribution in [-0.4, -0.2) is 11.2 Å². The summed E-state index contributed by atoms with van der Waals surface area (Å²) in [4.78, 5) is 0. The van der Waals surface area contributed by atoms with E-state index in [9.17, 15) is 21.0 Å². The van der Waals surface area contributed by atoms with E-state index < -0.39 is 23.0 Å². The van der Waals surface area contributed by atoms with E-state index in [1.54, 1.807) is 0 Å². The predicted octanol–water partition coefficient (Wildman–Crippen LogP) is 3.14. The Morgan fingerprint density at radius 3 is 1.36 bits per heavy atom. The lowest BCUT2D eigenvalue weighted by molar-refractivity contribution is 0.0144. The second kappa shape index (κ2) is 4.93. The summed E-state index contributed by atoms with van der Waals surface area (Å²) in [7, 11) is 0. The van der Waals surface area contributed by atoms with Crippen LogP contribution in [0.1, 0.15) is 23.0 Å². The normalized spacial score (nSPS) is 23.5. The molecule has 2 aromatic carbocycles. The topological polar surface area (TPSA) is 104 Å². The maximum atomic E-state index is 9.74. The van der Waals surface area contributed by atoms with E-state index in [0.717, 1.165) is 22.3 Å². The van der Waals surface area contributed by atoms with Gasteiger partial charge in [0.2, 0.25) is 0 Å². The van der Waals surface area contributed by atoms with Crippen molar-refractivity contribution >= 4 is 0 Å². The second-order valence-corrected chi connectivity index (χ2v) is 6.15. The molecule has 1 saturated heterocycles. The highest BCUT2D eigenvalue weighted by Gasteiger charge is 2.67. The van der Waals surface area contributed by atoms with Gasteiger partial charge in [-0.3, -0.25) is 0 Å². The molecule has 0 aromatic heterocycles. The molecule has 0 saturated carbocycles. The highest BCUT2D eigenvalue weighted by molar-refractivity contribution is 5.78. The number of fused-ring (bicyclic) bond motifs is 6. The molecule has 2 atom stereocenters. The molecule has 1 aliphatic heterocycles. The molecule has 2 aromatic rings. The molecule has 25 heavy (non-hydrogen) atoms. The minimum Gasteiger partial charge on any atom is -0.311 e. The van der Waals surface area contributed by atoms with E-state index in [1.165, 1.54) is 0 Å². The van der Waals surface area contributed by atoms with Crippen LogP contribution >= 0.6 is 0 Å². The van der Waals surface area contributed by atoms with E-state index in [-0.39, 0.29) is 0 Å². The zero-order chi connectivity index (χ0) is 17.7. The molecule has 0 bridgehead atoms. The fourth-order valence-corrected chi connectivity index (χ4v) is 4.09. The summed E-state index contributed by atoms with van der Waals surface area (Å²) >= 11 is 0. The van der Waals surface area contributed by atoms with Gasteiger partial charge in [0.15, 0.2) is 0 Å². The van der Waals surface area contributed by atoms with E-state index in [1.807, 2.05) is 72.8 Å². The van der Waals surface area contributed by atoms with E-state index >= 15 is 0 Å². The number of ether oxygens (including phenoxy) is 1. The van der Waals surface area contributed by atoms with Crippen molar-refractivity contribution in [2.45, 2.75) is 23.0 Å². The molecule has 2 unspecified atom stereocenters. The number of nitrogens with zero attached hydrogens (tertiary/aromatic N) is 4. The molecule has 4 rings (SSSR count). The molecule has 0 spiro atoms. The van der Waals surface area contributed by atoms with Crippen molar-refractivity contribution < 1.29 is 4.74 Å². The first-order valence-electron chi connectivity index (χ1n) is 7.70. The molecule has 0 N–H and O–H groups in total. The number of hydrogen-bond donors (Lipinski definition) is 0. The third-order valence-electron chi connectivity index (χ3n) is 5.08. The van der Waals surface area contributed by atoms with Gasteiger partial charge in [-0.25, -0.2) is 0 Å². The maximum Gasteiger partial charge on any atom is 0.251 e. The van der Waals surface area contributed by atoms with Crippen molar-refractivity contribution in [1.82, 2.24) is 0 Å². The third-order valence-corrected chi connectivity index (χ3v) is 5.08. The van der Waals surface area contributed by atoms with Gasteiger partial charge in [-0.05, 0) is 22.3 Å². The average molecular weight is 322 g/mol. The van der Waals surface area contributed by atoms with Crippen molar-refractivity contribution in [3.8, 4) is 35.4 Å². The average Bonchev–Trinajstić information content (AvgIpc) is 3.00. The van der Waals surface area contributed by atoms with Gasteiger partial charge in [0.25, 0.3) is 11.2 Å². The molecule has 0 radical (unpaired) electrons. The van der Waals surface area contributed by atoms with Gasteiger partial charge in [0.1, 0.15) is 24.3 Å². The summed E-state index contributed by atoms with van der Waals surface area (Å²) in [5.41, 5.74) is -0.489. The summed E-state index contributed by atoms with van der Waals surface area (Å²) in [5, 5.41) is 38.9. The van der Waals surface area contributed by atoms with Crippen LogP contribution in [0.15, 0.2) is 48.5 Å². The number of hydrogen-bond acceptors (Lipinski definition) is 5. The van der Waals surface area contributed by atoms with Crippen molar-refractivity contribution in [1.29, 1.82) is 21.0 Å². The summed E-state index contributed by atoms with van der Waals surface area (Å²) in [6.45, 7) is 0. The minimum atomic E-state index is -1.89. The first kappa shape index (κ1) is 14.9. The molecule has 1 heterocycles. The second-order valence-electron chi connectivity index (χ2n) is 6.15. The third kappa shape index (κ3) is 1.66. The van der Waals surface area contributed by atoms with Crippen LogP contribution in [-0.2, 0) is 4.74 Å². The Balaban J connectivity index is 2.15. The Morgan fingerprint density at radius 2 is 1.00 bits per heavy atom. The fraction of sp³-hybridized carbons (Fsp3) is 0.200. The van der Waals surface area contributed by atoms with Crippen LogP contribution in [0.5, 0.6) is 0 Å². The van der Waals surface area contributed by atoms with Crippen LogP contribution in [0.4, 0.5) is 0 Å². The lowest BCUT2D eigenvalue weighted by atomic mass is 9.63. The van der Waals surface area contributed by atoms with Crippen LogP contribution in [0.25, 0.3) is 11.1 Å². The Kier molecular flexibility index (Phi) is 2.94. The molecule has 5 nitrogen and oxygen atoms in total. The summed E-state index contributed by atoms with van der Waals surface area (Å²) in [6.07, 6.45) is 0. The van der Waals surface area contributed by atoms with E-state index in [0.29, 0.717) is 0 Å². The first-order chi connectivity index (χ1) is 12.2. The molecule has 116 valence electrons. The maximum absolute atomic E-state index is 9.74. The molecular weight excluding hydrogens is 312 g/mol. The number of nitriles is 4. The zero-order valence-electron chi connectivity index (χ0n) is 13.0. The van der Waals surface area contributed by atoms with Gasteiger partial charge in [0.05, 0.1) is 11.8 Å². The SMILES string of the molecule is N#CC1(C#N)OC(C#N)(C#N)C2c3ccccc3-c3ccccc3C21. The molecular formula is C20H10N4O. The van der Waals surface area contributed by atoms with Gasteiger partial charge < -0.3 is 4.74 Å². The largest absolute Gasteiger partial charge is 0.311 e. The van der Waals surface area contributed by atoms with Gasteiger partial charge >= 0.3 is 0 Å². The van der Waals surface area contributed by atoms with Crippen molar-refractivity contribution in [3.63, 3.8) is 0 Å². The standard InChI is InChI=1S/C20H10N4O/c21-9-19(10-22)17-15-7-3-1-5-13(15)14-6-2-4-8-16(14)18(17)20(11-23,12-24)25-19/h1-8,17-18H. The lowest BCUT2D eigenvalue weighted by Gasteiger charge is -2.33. The van der Waals surface area contributed by atoms with Gasteiger partial charge in [-0.15, -0.1) is 0 Å². The van der Waals surface area contributed by atoms with Gasteiger partial charge in [0, 0.05) is 0 Å². The summed E-state index contributed by atoms with van der Waals surface area (Å²) in [5.74, 6) is -1.43. The quantitative estimate of drug-likeness (QED) is 0.741. The van der Waals surface area contributed by atoms with Gasteiger partial charge in [-0.1, -0.05) is 48.5 Å². The Bertz CT molecular complexity index is 947. The van der Waals surface area contributed by atoms with Crippen molar-refractivity contribution in [2.24, 2.45) is 0 Å². The number of rotatable bonds is 0. The lowest BCUT2D eigenvalue weighted by Crippen LogP contribution is -2.34. The first-order valence-corrected chi connectivity index (χ1v) is 7.70. The molecule has 0 amide bonds. The Labute approximate surface area is 144 Å². The Morgan fingerprint density at radius 1 is 0.640 bits per heavy atom. The molecule has 5 heteroatoms. The fourth-order valence-electron chi connectivity index (χ4n) is 4.09. The van der Waals surface area contributed by atoms with Crippen molar-refractivity contribution in [3.05, 3.63) is 59.7 Å². The highest BCUT2D eigenvalue weighted by atomic mass is 16.5. The van der Waals surface area contributed by atoms with Crippen LogP contribution in [0.2, 0.25) is 0 Å². The van der Waals surface area contributed by atoms with E-state index in [4.69, 9.17) is 4.74 Å². The monoisotopic (exact) mass is 322 g/mol. The van der Waals surface area contributed by atoms with E-state index in [2.05, 4.69) is 0 Å². The van der Waals surface area contributed by atoms with Crippen LogP contribution in [0.3, 0.4) is 0 Å². The summed E-state index contributed by atoms with van der Waals surface area (Å²) < 4.78 is 5.65. The summed E-state index contributed by atoms with van der Waals surface area (Å²) in [6, 6.07) is 22.7. The van der Waals surface area contributed by atoms with Crippen molar-refractivity contribution in [2.75, 3.05) is 0 Å². The zero-order valence-corrected chi connectivity index (χ0v) is 13.0. The molecule has 2 aliphatic rings. The predicted molar refractivity (Wildman–Crippen MR) is 86.4 cm³/mol. The van der Waals surface area contributed by atoms with Crippen LogP contribution in [0, 0.1) is 45.3 Å². The van der Waals surface area contributed by atoms with Gasteiger partial charge in [-0.2, -0.15) is 21.0 Å². The highest BCUT2D eigenvalue weighted by Crippen LogP contribution is 2.61. The Hall–Kier alpha value is -3.64. The minimum absolute atomic E-state index is 0.715.